The van der Waals surface area contributed by atoms with Gasteiger partial charge in [-0.25, -0.2) is 0 Å². The molecule has 0 bridgehead atoms. The van der Waals surface area contributed by atoms with Gasteiger partial charge in [0.05, 0.1) is 6.54 Å². The molecule has 4 heteroatoms. The van der Waals surface area contributed by atoms with Gasteiger partial charge in [0.15, 0.2) is 0 Å². The van der Waals surface area contributed by atoms with E-state index in [9.17, 15) is 4.79 Å². The number of benzene rings is 1. The Hall–Kier alpha value is -1.71. The van der Waals surface area contributed by atoms with Crippen molar-refractivity contribution >= 4 is 11.6 Å². The summed E-state index contributed by atoms with van der Waals surface area (Å²) in [6.07, 6.45) is 0. The highest BCUT2D eigenvalue weighted by molar-refractivity contribution is 5.72. The zero-order valence-corrected chi connectivity index (χ0v) is 8.12. The molecule has 76 valence electrons. The molecule has 4 nitrogen and oxygen atoms in total. The van der Waals surface area contributed by atoms with Crippen LogP contribution in [0.2, 0.25) is 0 Å². The number of hydrogen-bond acceptors (Lipinski definition) is 3. The zero-order valence-electron chi connectivity index (χ0n) is 8.12. The minimum atomic E-state index is -0.0545. The molecule has 14 heavy (non-hydrogen) atoms. The molecular weight excluding hydrogens is 180 g/mol. The summed E-state index contributed by atoms with van der Waals surface area (Å²) in [6.45, 7) is 2.42. The molecule has 0 radical (unpaired) electrons. The first kappa shape index (κ1) is 10.4. The van der Waals surface area contributed by atoms with Gasteiger partial charge in [0.2, 0.25) is 5.91 Å². The number of rotatable bonds is 4. The number of amides is 1. The third kappa shape index (κ3) is 3.80. The molecule has 1 rings (SSSR count). The van der Waals surface area contributed by atoms with Crippen LogP contribution in [0.25, 0.3) is 0 Å². The third-order valence-corrected chi connectivity index (χ3v) is 1.60. The number of carbonyl (C=O) groups excluding carboxylic acids is 1. The molecule has 0 unspecified atom stereocenters. The standard InChI is InChI=1S/C10H14N2O2/c1-8(13)12-5-6-14-10-4-2-3-9(11)7-10/h2-4,7H,5-6,11H2,1H3,(H,12,13). The van der Waals surface area contributed by atoms with Gasteiger partial charge in [0, 0.05) is 18.7 Å². The molecule has 0 aromatic heterocycles. The number of anilines is 1. The monoisotopic (exact) mass is 194 g/mol. The van der Waals surface area contributed by atoms with Crippen molar-refractivity contribution in [2.45, 2.75) is 6.92 Å². The van der Waals surface area contributed by atoms with Gasteiger partial charge >= 0.3 is 0 Å². The van der Waals surface area contributed by atoms with E-state index in [0.29, 0.717) is 18.8 Å². The summed E-state index contributed by atoms with van der Waals surface area (Å²) in [4.78, 5) is 10.5. The van der Waals surface area contributed by atoms with E-state index in [1.807, 2.05) is 12.1 Å². The molecular formula is C10H14N2O2. The summed E-state index contributed by atoms with van der Waals surface area (Å²) >= 11 is 0. The molecule has 1 aromatic carbocycles. The van der Waals surface area contributed by atoms with Gasteiger partial charge in [-0.15, -0.1) is 0 Å². The van der Waals surface area contributed by atoms with Gasteiger partial charge in [-0.1, -0.05) is 6.07 Å². The number of carbonyl (C=O) groups is 1. The SMILES string of the molecule is CC(=O)NCCOc1cccc(N)c1. The second-order valence-corrected chi connectivity index (χ2v) is 2.90. The molecule has 1 amide bonds. The van der Waals surface area contributed by atoms with Crippen LogP contribution in [0.5, 0.6) is 5.75 Å². The van der Waals surface area contributed by atoms with E-state index < -0.39 is 0 Å². The fourth-order valence-corrected chi connectivity index (χ4v) is 1.00. The second-order valence-electron chi connectivity index (χ2n) is 2.90. The largest absolute Gasteiger partial charge is 0.492 e. The van der Waals surface area contributed by atoms with Crippen LogP contribution in [0, 0.1) is 0 Å². The summed E-state index contributed by atoms with van der Waals surface area (Å²) < 4.78 is 5.34. The van der Waals surface area contributed by atoms with Gasteiger partial charge in [0.1, 0.15) is 12.4 Å². The van der Waals surface area contributed by atoms with Crippen molar-refractivity contribution in [3.8, 4) is 5.75 Å². The van der Waals surface area contributed by atoms with Crippen molar-refractivity contribution in [1.82, 2.24) is 5.32 Å². The number of hydrogen-bond donors (Lipinski definition) is 2. The maximum Gasteiger partial charge on any atom is 0.216 e. The van der Waals surface area contributed by atoms with Crippen molar-refractivity contribution < 1.29 is 9.53 Å². The normalized spacial score (nSPS) is 9.50. The van der Waals surface area contributed by atoms with E-state index in [-0.39, 0.29) is 5.91 Å². The predicted octanol–water partition coefficient (Wildman–Crippen LogP) is 0.784. The van der Waals surface area contributed by atoms with Gasteiger partial charge in [-0.2, -0.15) is 0 Å². The Morgan fingerprint density at radius 3 is 3.00 bits per heavy atom. The van der Waals surface area contributed by atoms with Crippen molar-refractivity contribution in [2.75, 3.05) is 18.9 Å². The highest BCUT2D eigenvalue weighted by Gasteiger charge is 1.94. The molecule has 0 heterocycles. The minimum Gasteiger partial charge on any atom is -0.492 e. The first-order valence-electron chi connectivity index (χ1n) is 4.41. The topological polar surface area (TPSA) is 64.3 Å². The number of nitrogen functional groups attached to an aromatic ring is 1. The van der Waals surface area contributed by atoms with E-state index in [4.69, 9.17) is 10.5 Å². The third-order valence-electron chi connectivity index (χ3n) is 1.60. The average molecular weight is 194 g/mol. The number of ether oxygens (including phenoxy) is 1. The maximum absolute atomic E-state index is 10.5. The predicted molar refractivity (Wildman–Crippen MR) is 55.0 cm³/mol. The Kier molecular flexibility index (Phi) is 3.79. The fraction of sp³-hybridized carbons (Fsp3) is 0.300. The van der Waals surface area contributed by atoms with Gasteiger partial charge in [-0.05, 0) is 12.1 Å². The molecule has 0 saturated heterocycles. The lowest BCUT2D eigenvalue weighted by molar-refractivity contribution is -0.119. The summed E-state index contributed by atoms with van der Waals surface area (Å²) in [5, 5.41) is 2.64. The summed E-state index contributed by atoms with van der Waals surface area (Å²) in [7, 11) is 0. The van der Waals surface area contributed by atoms with Gasteiger partial charge < -0.3 is 15.8 Å². The Balaban J connectivity index is 2.28. The lowest BCUT2D eigenvalue weighted by atomic mass is 10.3. The van der Waals surface area contributed by atoms with Crippen molar-refractivity contribution in [3.63, 3.8) is 0 Å². The van der Waals surface area contributed by atoms with E-state index in [1.165, 1.54) is 6.92 Å². The van der Waals surface area contributed by atoms with Crippen molar-refractivity contribution in [2.24, 2.45) is 0 Å². The first-order valence-corrected chi connectivity index (χ1v) is 4.41. The smallest absolute Gasteiger partial charge is 0.216 e. The van der Waals surface area contributed by atoms with Crippen LogP contribution in [-0.2, 0) is 4.79 Å². The molecule has 0 aliphatic rings. The molecule has 0 aliphatic heterocycles. The second kappa shape index (κ2) is 5.11. The molecule has 0 fully saturated rings. The lowest BCUT2D eigenvalue weighted by Crippen LogP contribution is -2.25. The summed E-state index contributed by atoms with van der Waals surface area (Å²) in [5.74, 6) is 0.663. The van der Waals surface area contributed by atoms with Crippen LogP contribution in [-0.4, -0.2) is 19.1 Å². The van der Waals surface area contributed by atoms with Crippen LogP contribution < -0.4 is 15.8 Å². The van der Waals surface area contributed by atoms with E-state index in [0.717, 1.165) is 5.75 Å². The Morgan fingerprint density at radius 2 is 2.36 bits per heavy atom. The highest BCUT2D eigenvalue weighted by Crippen LogP contribution is 2.13. The lowest BCUT2D eigenvalue weighted by Gasteiger charge is -2.06. The Morgan fingerprint density at radius 1 is 1.57 bits per heavy atom. The minimum absolute atomic E-state index is 0.0545. The first-order chi connectivity index (χ1) is 6.68. The van der Waals surface area contributed by atoms with Crippen molar-refractivity contribution in [1.29, 1.82) is 0 Å². The highest BCUT2D eigenvalue weighted by atomic mass is 16.5. The van der Waals surface area contributed by atoms with Gasteiger partial charge in [0.25, 0.3) is 0 Å². The van der Waals surface area contributed by atoms with E-state index in [1.54, 1.807) is 12.1 Å². The Labute approximate surface area is 83.1 Å². The fourth-order valence-electron chi connectivity index (χ4n) is 1.00. The number of nitrogens with one attached hydrogen (secondary N) is 1. The summed E-state index contributed by atoms with van der Waals surface area (Å²) in [5.41, 5.74) is 6.23. The van der Waals surface area contributed by atoms with E-state index >= 15 is 0 Å². The van der Waals surface area contributed by atoms with Crippen LogP contribution >= 0.6 is 0 Å². The quantitative estimate of drug-likeness (QED) is 0.550. The van der Waals surface area contributed by atoms with Crippen LogP contribution in [0.1, 0.15) is 6.92 Å². The zero-order chi connectivity index (χ0) is 10.4. The molecule has 1 aromatic rings. The van der Waals surface area contributed by atoms with Crippen LogP contribution in [0.4, 0.5) is 5.69 Å². The average Bonchev–Trinajstić information content (AvgIpc) is 2.12. The molecule has 0 atom stereocenters. The maximum atomic E-state index is 10.5. The number of nitrogens with two attached hydrogens (primary N) is 1. The summed E-state index contributed by atoms with van der Waals surface area (Å²) in [6, 6.07) is 7.18. The Bertz CT molecular complexity index is 313. The molecule has 3 N–H and O–H groups in total. The van der Waals surface area contributed by atoms with Crippen molar-refractivity contribution in [3.05, 3.63) is 24.3 Å². The van der Waals surface area contributed by atoms with Crippen LogP contribution in [0.15, 0.2) is 24.3 Å². The van der Waals surface area contributed by atoms with Gasteiger partial charge in [-0.3, -0.25) is 4.79 Å². The van der Waals surface area contributed by atoms with E-state index in [2.05, 4.69) is 5.32 Å². The molecule has 0 saturated carbocycles. The van der Waals surface area contributed by atoms with Crippen LogP contribution in [0.3, 0.4) is 0 Å². The molecule has 0 aliphatic carbocycles. The molecule has 0 spiro atoms.